The number of hydrogen-bond acceptors (Lipinski definition) is 5. The summed E-state index contributed by atoms with van der Waals surface area (Å²) in [7, 11) is 0. The topological polar surface area (TPSA) is 55.8 Å². The summed E-state index contributed by atoms with van der Waals surface area (Å²) in [5.74, 6) is 1.16. The Hall–Kier alpha value is -1.62. The van der Waals surface area contributed by atoms with Gasteiger partial charge in [-0.25, -0.2) is 0 Å². The Kier molecular flexibility index (Phi) is 2.32. The highest BCUT2D eigenvalue weighted by Gasteiger charge is 2.16. The van der Waals surface area contributed by atoms with Crippen LogP contribution in [0.3, 0.4) is 0 Å². The third kappa shape index (κ3) is 1.42. The SMILES string of the molecule is O=CC(=CO)c1ccc2c(c1)OSO2. The molecule has 1 aromatic carbocycles. The fraction of sp³-hybridized carbons (Fsp3) is 0. The molecule has 0 saturated carbocycles. The third-order valence-electron chi connectivity index (χ3n) is 1.79. The van der Waals surface area contributed by atoms with Crippen LogP contribution in [0.4, 0.5) is 0 Å². The number of rotatable bonds is 2. The van der Waals surface area contributed by atoms with Crippen LogP contribution in [0.5, 0.6) is 11.5 Å². The summed E-state index contributed by atoms with van der Waals surface area (Å²) in [5, 5.41) is 8.76. The van der Waals surface area contributed by atoms with E-state index in [9.17, 15) is 4.79 Å². The summed E-state index contributed by atoms with van der Waals surface area (Å²) in [6, 6.07) is 4.98. The first-order chi connectivity index (χ1) is 6.85. The fourth-order valence-electron chi connectivity index (χ4n) is 1.08. The predicted molar refractivity (Wildman–Crippen MR) is 52.0 cm³/mol. The van der Waals surface area contributed by atoms with E-state index in [1.807, 2.05) is 0 Å². The number of carbonyl (C=O) groups is 1. The standard InChI is InChI=1S/C9H6O4S/c10-4-7(5-11)6-1-2-8-9(3-6)13-14-12-8/h1-5,10H. The molecule has 14 heavy (non-hydrogen) atoms. The van der Waals surface area contributed by atoms with Gasteiger partial charge in [0.15, 0.2) is 17.8 Å². The van der Waals surface area contributed by atoms with Gasteiger partial charge in [-0.15, -0.1) is 0 Å². The zero-order valence-corrected chi connectivity index (χ0v) is 7.78. The lowest BCUT2D eigenvalue weighted by Crippen LogP contribution is -1.85. The minimum absolute atomic E-state index is 0.202. The molecular weight excluding hydrogens is 204 g/mol. The molecule has 2 rings (SSSR count). The first-order valence-corrected chi connectivity index (χ1v) is 4.47. The van der Waals surface area contributed by atoms with Crippen molar-refractivity contribution < 1.29 is 18.3 Å². The first kappa shape index (κ1) is 8.96. The van der Waals surface area contributed by atoms with Gasteiger partial charge < -0.3 is 13.5 Å². The molecule has 1 aromatic rings. The molecule has 1 aliphatic rings. The van der Waals surface area contributed by atoms with Crippen molar-refractivity contribution in [1.29, 1.82) is 0 Å². The van der Waals surface area contributed by atoms with Crippen LogP contribution < -0.4 is 8.37 Å². The Balaban J connectivity index is 2.42. The van der Waals surface area contributed by atoms with E-state index in [0.29, 0.717) is 23.3 Å². The zero-order chi connectivity index (χ0) is 9.97. The van der Waals surface area contributed by atoms with Gasteiger partial charge >= 0.3 is 0 Å². The number of fused-ring (bicyclic) bond motifs is 1. The summed E-state index contributed by atoms with van der Waals surface area (Å²) in [6.07, 6.45) is 1.34. The zero-order valence-electron chi connectivity index (χ0n) is 6.97. The van der Waals surface area contributed by atoms with Gasteiger partial charge in [-0.1, -0.05) is 6.07 Å². The third-order valence-corrected chi connectivity index (χ3v) is 2.29. The normalized spacial score (nSPS) is 14.1. The minimum Gasteiger partial charge on any atom is -0.515 e. The molecule has 1 heterocycles. The van der Waals surface area contributed by atoms with Gasteiger partial charge in [-0.2, -0.15) is 0 Å². The number of aliphatic hydroxyl groups is 1. The average Bonchev–Trinajstić information content (AvgIpc) is 2.66. The van der Waals surface area contributed by atoms with Gasteiger partial charge in [-0.05, 0) is 17.7 Å². The summed E-state index contributed by atoms with van der Waals surface area (Å²) < 4.78 is 10.1. The van der Waals surface area contributed by atoms with Crippen molar-refractivity contribution in [2.75, 3.05) is 0 Å². The molecule has 72 valence electrons. The Morgan fingerprint density at radius 3 is 2.86 bits per heavy atom. The van der Waals surface area contributed by atoms with Crippen molar-refractivity contribution in [3.05, 3.63) is 30.0 Å². The van der Waals surface area contributed by atoms with Crippen molar-refractivity contribution in [1.82, 2.24) is 0 Å². The molecule has 4 nitrogen and oxygen atoms in total. The van der Waals surface area contributed by atoms with Gasteiger partial charge in [0, 0.05) is 0 Å². The van der Waals surface area contributed by atoms with Gasteiger partial charge in [0.2, 0.25) is 0 Å². The number of benzene rings is 1. The average molecular weight is 210 g/mol. The lowest BCUT2D eigenvalue weighted by molar-refractivity contribution is -0.103. The van der Waals surface area contributed by atoms with Crippen LogP contribution in [0.1, 0.15) is 5.56 Å². The van der Waals surface area contributed by atoms with Gasteiger partial charge in [0.1, 0.15) is 0 Å². The van der Waals surface area contributed by atoms with E-state index >= 15 is 0 Å². The summed E-state index contributed by atoms with van der Waals surface area (Å²) in [5.41, 5.74) is 0.792. The molecule has 0 saturated heterocycles. The van der Waals surface area contributed by atoms with Crippen molar-refractivity contribution in [3.8, 4) is 11.5 Å². The fourth-order valence-corrected chi connectivity index (χ4v) is 1.53. The highest BCUT2D eigenvalue weighted by molar-refractivity contribution is 7.90. The van der Waals surface area contributed by atoms with Crippen LogP contribution in [0.25, 0.3) is 5.57 Å². The van der Waals surface area contributed by atoms with Crippen molar-refractivity contribution in [3.63, 3.8) is 0 Å². The second kappa shape index (κ2) is 3.63. The molecule has 1 aliphatic heterocycles. The molecular formula is C9H6O4S. The number of hydrogen-bond donors (Lipinski definition) is 1. The molecule has 0 spiro atoms. The summed E-state index contributed by atoms with van der Waals surface area (Å²) in [6.45, 7) is 0. The van der Waals surface area contributed by atoms with E-state index in [-0.39, 0.29) is 5.57 Å². The molecule has 0 radical (unpaired) electrons. The van der Waals surface area contributed by atoms with E-state index in [1.165, 1.54) is 0 Å². The molecule has 0 aliphatic carbocycles. The smallest absolute Gasteiger partial charge is 0.293 e. The number of aliphatic hydroxyl groups excluding tert-OH is 1. The van der Waals surface area contributed by atoms with E-state index in [1.54, 1.807) is 18.2 Å². The molecule has 0 aromatic heterocycles. The highest BCUT2D eigenvalue weighted by Crippen LogP contribution is 2.39. The van der Waals surface area contributed by atoms with Crippen molar-refractivity contribution in [2.45, 2.75) is 0 Å². The molecule has 0 bridgehead atoms. The van der Waals surface area contributed by atoms with Gasteiger partial charge in [0.05, 0.1) is 11.8 Å². The Morgan fingerprint density at radius 2 is 2.14 bits per heavy atom. The maximum Gasteiger partial charge on any atom is 0.293 e. The number of aldehydes is 1. The number of carbonyl (C=O) groups excluding carboxylic acids is 1. The van der Waals surface area contributed by atoms with Crippen LogP contribution in [0.15, 0.2) is 24.5 Å². The predicted octanol–water partition coefficient (Wildman–Crippen LogP) is 2.12. The number of allylic oxidation sites excluding steroid dienone is 1. The minimum atomic E-state index is 0.202. The highest BCUT2D eigenvalue weighted by atomic mass is 32.2. The van der Waals surface area contributed by atoms with Gasteiger partial charge in [0.25, 0.3) is 12.3 Å². The molecule has 0 amide bonds. The Labute approximate surface area is 84.6 Å². The molecule has 0 atom stereocenters. The molecule has 1 N–H and O–H groups in total. The molecule has 5 heteroatoms. The molecule has 0 fully saturated rings. The maximum absolute atomic E-state index is 10.5. The summed E-state index contributed by atoms with van der Waals surface area (Å²) in [4.78, 5) is 10.5. The largest absolute Gasteiger partial charge is 0.515 e. The van der Waals surface area contributed by atoms with E-state index < -0.39 is 0 Å². The monoisotopic (exact) mass is 210 g/mol. The van der Waals surface area contributed by atoms with Crippen molar-refractivity contribution >= 4 is 24.2 Å². The van der Waals surface area contributed by atoms with Crippen molar-refractivity contribution in [2.24, 2.45) is 0 Å². The van der Waals surface area contributed by atoms with Crippen LogP contribution in [0, 0.1) is 0 Å². The van der Waals surface area contributed by atoms with Crippen LogP contribution in [-0.2, 0) is 4.79 Å². The lowest BCUT2D eigenvalue weighted by Gasteiger charge is -1.99. The quantitative estimate of drug-likeness (QED) is 0.350. The van der Waals surface area contributed by atoms with E-state index in [0.717, 1.165) is 18.6 Å². The van der Waals surface area contributed by atoms with Gasteiger partial charge in [-0.3, -0.25) is 4.79 Å². The second-order valence-corrected chi connectivity index (χ2v) is 3.07. The lowest BCUT2D eigenvalue weighted by atomic mass is 10.1. The van der Waals surface area contributed by atoms with E-state index in [4.69, 9.17) is 13.5 Å². The molecule has 0 unspecified atom stereocenters. The summed E-state index contributed by atoms with van der Waals surface area (Å²) >= 11 is 0.868. The Morgan fingerprint density at radius 1 is 1.36 bits per heavy atom. The maximum atomic E-state index is 10.5. The first-order valence-electron chi connectivity index (χ1n) is 3.80. The second-order valence-electron chi connectivity index (χ2n) is 2.60. The Bertz CT molecular complexity index is 400. The van der Waals surface area contributed by atoms with Crippen LogP contribution in [0.2, 0.25) is 0 Å². The van der Waals surface area contributed by atoms with Crippen LogP contribution >= 0.6 is 12.3 Å². The van der Waals surface area contributed by atoms with Crippen LogP contribution in [-0.4, -0.2) is 11.4 Å². The van der Waals surface area contributed by atoms with E-state index in [2.05, 4.69) is 0 Å².